The van der Waals surface area contributed by atoms with Crippen LogP contribution < -0.4 is 10.5 Å². The summed E-state index contributed by atoms with van der Waals surface area (Å²) in [5, 5.41) is 0. The highest BCUT2D eigenvalue weighted by atomic mass is 16.5. The molecule has 4 nitrogen and oxygen atoms in total. The average Bonchev–Trinajstić information content (AvgIpc) is 2.50. The maximum absolute atomic E-state index is 5.73. The third-order valence-electron chi connectivity index (χ3n) is 3.75. The zero-order chi connectivity index (χ0) is 15.0. The molecule has 1 aromatic rings. The van der Waals surface area contributed by atoms with Crippen molar-refractivity contribution in [3.8, 4) is 5.75 Å². The Kier molecular flexibility index (Phi) is 7.59. The lowest BCUT2D eigenvalue weighted by molar-refractivity contribution is 0.117. The number of methoxy groups -OCH3 is 2. The van der Waals surface area contributed by atoms with Gasteiger partial charge < -0.3 is 15.2 Å². The van der Waals surface area contributed by atoms with Gasteiger partial charge in [0, 0.05) is 38.3 Å². The lowest BCUT2D eigenvalue weighted by Gasteiger charge is -2.29. The minimum absolute atomic E-state index is 0.511. The van der Waals surface area contributed by atoms with Crippen LogP contribution in [0.25, 0.3) is 0 Å². The molecule has 0 aliphatic rings. The van der Waals surface area contributed by atoms with Crippen LogP contribution in [-0.2, 0) is 17.8 Å². The first-order valence-electron chi connectivity index (χ1n) is 7.25. The molecule has 1 rings (SSSR count). The second-order valence-corrected chi connectivity index (χ2v) is 5.07. The molecule has 0 saturated heterocycles. The molecule has 0 amide bonds. The van der Waals surface area contributed by atoms with Crippen LogP contribution in [0.3, 0.4) is 0 Å². The van der Waals surface area contributed by atoms with Gasteiger partial charge in [-0.3, -0.25) is 4.90 Å². The Morgan fingerprint density at radius 3 is 2.60 bits per heavy atom. The van der Waals surface area contributed by atoms with Gasteiger partial charge in [-0.2, -0.15) is 0 Å². The summed E-state index contributed by atoms with van der Waals surface area (Å²) >= 11 is 0. The van der Waals surface area contributed by atoms with E-state index in [4.69, 9.17) is 15.2 Å². The number of hydrogen-bond acceptors (Lipinski definition) is 4. The Morgan fingerprint density at radius 2 is 2.05 bits per heavy atom. The molecular weight excluding hydrogens is 252 g/mol. The van der Waals surface area contributed by atoms with E-state index in [1.807, 2.05) is 12.1 Å². The molecule has 0 saturated carbocycles. The summed E-state index contributed by atoms with van der Waals surface area (Å²) in [6, 6.07) is 6.67. The van der Waals surface area contributed by atoms with Gasteiger partial charge in [-0.15, -0.1) is 0 Å². The Labute approximate surface area is 122 Å². The van der Waals surface area contributed by atoms with E-state index in [0.717, 1.165) is 37.4 Å². The highest BCUT2D eigenvalue weighted by Gasteiger charge is 2.15. The van der Waals surface area contributed by atoms with E-state index in [1.54, 1.807) is 14.2 Å². The maximum atomic E-state index is 5.73. The third kappa shape index (κ3) is 4.78. The first-order valence-corrected chi connectivity index (χ1v) is 7.25. The van der Waals surface area contributed by atoms with Crippen LogP contribution in [-0.4, -0.2) is 38.3 Å². The molecule has 0 aliphatic heterocycles. The molecule has 0 radical (unpaired) electrons. The van der Waals surface area contributed by atoms with Crippen LogP contribution in [0, 0.1) is 0 Å². The van der Waals surface area contributed by atoms with Gasteiger partial charge in [-0.05, 0) is 31.0 Å². The molecule has 4 heteroatoms. The fraction of sp³-hybridized carbons (Fsp3) is 0.625. The fourth-order valence-corrected chi connectivity index (χ4v) is 2.22. The number of nitrogens with two attached hydrogens (primary N) is 1. The molecule has 114 valence electrons. The van der Waals surface area contributed by atoms with Crippen molar-refractivity contribution in [1.29, 1.82) is 0 Å². The van der Waals surface area contributed by atoms with Crippen LogP contribution in [0.5, 0.6) is 5.75 Å². The van der Waals surface area contributed by atoms with Crippen LogP contribution >= 0.6 is 0 Å². The second kappa shape index (κ2) is 8.95. The highest BCUT2D eigenvalue weighted by Crippen LogP contribution is 2.22. The smallest absolute Gasteiger partial charge is 0.123 e. The molecule has 2 N–H and O–H groups in total. The minimum atomic E-state index is 0.511. The molecule has 20 heavy (non-hydrogen) atoms. The average molecular weight is 280 g/mol. The van der Waals surface area contributed by atoms with Crippen molar-refractivity contribution in [2.45, 2.75) is 39.4 Å². The van der Waals surface area contributed by atoms with Gasteiger partial charge in [0.2, 0.25) is 0 Å². The van der Waals surface area contributed by atoms with Crippen molar-refractivity contribution in [1.82, 2.24) is 4.90 Å². The van der Waals surface area contributed by atoms with Gasteiger partial charge in [0.05, 0.1) is 13.7 Å². The van der Waals surface area contributed by atoms with Gasteiger partial charge in [0.1, 0.15) is 5.75 Å². The van der Waals surface area contributed by atoms with Gasteiger partial charge >= 0.3 is 0 Å². The highest BCUT2D eigenvalue weighted by molar-refractivity contribution is 5.37. The normalized spacial score (nSPS) is 12.7. The van der Waals surface area contributed by atoms with Crippen molar-refractivity contribution in [3.63, 3.8) is 0 Å². The molecular formula is C16H28N2O2. The van der Waals surface area contributed by atoms with Gasteiger partial charge in [0.15, 0.2) is 0 Å². The molecule has 0 aromatic heterocycles. The van der Waals surface area contributed by atoms with Gasteiger partial charge in [-0.1, -0.05) is 13.0 Å². The number of nitrogens with zero attached hydrogens (tertiary/aromatic N) is 1. The van der Waals surface area contributed by atoms with Crippen molar-refractivity contribution in [2.24, 2.45) is 5.73 Å². The minimum Gasteiger partial charge on any atom is -0.496 e. The van der Waals surface area contributed by atoms with Gasteiger partial charge in [0.25, 0.3) is 0 Å². The van der Waals surface area contributed by atoms with E-state index >= 15 is 0 Å². The van der Waals surface area contributed by atoms with E-state index < -0.39 is 0 Å². The van der Waals surface area contributed by atoms with Crippen LogP contribution in [0.1, 0.15) is 31.4 Å². The summed E-state index contributed by atoms with van der Waals surface area (Å²) in [7, 11) is 3.45. The molecule has 0 spiro atoms. The van der Waals surface area contributed by atoms with E-state index in [9.17, 15) is 0 Å². The lowest BCUT2D eigenvalue weighted by Crippen LogP contribution is -2.35. The predicted molar refractivity (Wildman–Crippen MR) is 82.9 cm³/mol. The summed E-state index contributed by atoms with van der Waals surface area (Å²) in [4.78, 5) is 2.42. The van der Waals surface area contributed by atoms with Crippen LogP contribution in [0.2, 0.25) is 0 Å². The third-order valence-corrected chi connectivity index (χ3v) is 3.75. The van der Waals surface area contributed by atoms with Crippen LogP contribution in [0.15, 0.2) is 18.2 Å². The van der Waals surface area contributed by atoms with Crippen molar-refractivity contribution in [3.05, 3.63) is 29.3 Å². The quantitative estimate of drug-likeness (QED) is 0.754. The first kappa shape index (κ1) is 17.0. The largest absolute Gasteiger partial charge is 0.496 e. The van der Waals surface area contributed by atoms with Gasteiger partial charge in [-0.25, -0.2) is 0 Å². The van der Waals surface area contributed by atoms with Crippen LogP contribution in [0.4, 0.5) is 0 Å². The van der Waals surface area contributed by atoms with Crippen molar-refractivity contribution < 1.29 is 9.47 Å². The fourth-order valence-electron chi connectivity index (χ4n) is 2.22. The number of rotatable bonds is 9. The topological polar surface area (TPSA) is 47.7 Å². The molecule has 1 aromatic carbocycles. The van der Waals surface area contributed by atoms with Crippen molar-refractivity contribution in [2.75, 3.05) is 27.4 Å². The molecule has 0 fully saturated rings. The summed E-state index contributed by atoms with van der Waals surface area (Å²) < 4.78 is 10.7. The molecule has 0 aliphatic carbocycles. The second-order valence-electron chi connectivity index (χ2n) is 5.07. The summed E-state index contributed by atoms with van der Waals surface area (Å²) in [6.45, 7) is 7.52. The van der Waals surface area contributed by atoms with Crippen molar-refractivity contribution >= 4 is 0 Å². The van der Waals surface area contributed by atoms with E-state index in [-0.39, 0.29) is 0 Å². The van der Waals surface area contributed by atoms with E-state index in [0.29, 0.717) is 12.6 Å². The molecule has 1 atom stereocenters. The van der Waals surface area contributed by atoms with E-state index in [1.165, 1.54) is 5.56 Å². The summed E-state index contributed by atoms with van der Waals surface area (Å²) in [5.41, 5.74) is 8.06. The Morgan fingerprint density at radius 1 is 1.30 bits per heavy atom. The van der Waals surface area contributed by atoms with E-state index in [2.05, 4.69) is 24.8 Å². The Bertz CT molecular complexity index is 396. The first-order chi connectivity index (χ1) is 9.65. The molecule has 0 bridgehead atoms. The Hall–Kier alpha value is -1.10. The zero-order valence-electron chi connectivity index (χ0n) is 13.2. The predicted octanol–water partition coefficient (Wildman–Crippen LogP) is 2.40. The SMILES string of the molecule is CCC(C)N(CCOC)Cc1cc(CN)ccc1OC. The molecule has 0 heterocycles. The number of ether oxygens (including phenoxy) is 2. The maximum Gasteiger partial charge on any atom is 0.123 e. The summed E-state index contributed by atoms with van der Waals surface area (Å²) in [6.07, 6.45) is 1.11. The number of benzene rings is 1. The zero-order valence-corrected chi connectivity index (χ0v) is 13.2. The monoisotopic (exact) mass is 280 g/mol. The lowest BCUT2D eigenvalue weighted by atomic mass is 10.1. The Balaban J connectivity index is 2.90. The molecule has 1 unspecified atom stereocenters. The standard InChI is InChI=1S/C16H28N2O2/c1-5-13(2)18(8-9-19-3)12-15-10-14(11-17)6-7-16(15)20-4/h6-7,10,13H,5,8-9,11-12,17H2,1-4H3. The number of hydrogen-bond donors (Lipinski definition) is 1. The summed E-state index contributed by atoms with van der Waals surface area (Å²) in [5.74, 6) is 0.924.